The molecule has 0 aromatic carbocycles. The molecule has 1 aromatic rings. The topological polar surface area (TPSA) is 78.5 Å². The van der Waals surface area contributed by atoms with E-state index in [9.17, 15) is 5.11 Å². The van der Waals surface area contributed by atoms with E-state index >= 15 is 0 Å². The Kier molecular flexibility index (Phi) is 4.21. The SMILES string of the molecule is CCc1c(C)nc(N)nc1N1CCN(C)C(CO)C1. The van der Waals surface area contributed by atoms with Crippen LogP contribution in [0.3, 0.4) is 0 Å². The summed E-state index contributed by atoms with van der Waals surface area (Å²) in [5.41, 5.74) is 7.87. The zero-order valence-electron chi connectivity index (χ0n) is 11.9. The highest BCUT2D eigenvalue weighted by molar-refractivity contribution is 5.52. The Morgan fingerprint density at radius 3 is 2.74 bits per heavy atom. The van der Waals surface area contributed by atoms with Gasteiger partial charge in [0.15, 0.2) is 0 Å². The molecule has 0 amide bonds. The molecule has 1 fully saturated rings. The highest BCUT2D eigenvalue weighted by Crippen LogP contribution is 2.24. The molecular formula is C13H23N5O. The highest BCUT2D eigenvalue weighted by atomic mass is 16.3. The van der Waals surface area contributed by atoms with Crippen molar-refractivity contribution in [2.45, 2.75) is 26.3 Å². The van der Waals surface area contributed by atoms with Gasteiger partial charge in [-0.3, -0.25) is 4.90 Å². The minimum absolute atomic E-state index is 0.148. The fraction of sp³-hybridized carbons (Fsp3) is 0.692. The van der Waals surface area contributed by atoms with Crippen molar-refractivity contribution in [1.29, 1.82) is 0 Å². The predicted molar refractivity (Wildman–Crippen MR) is 76.3 cm³/mol. The quantitative estimate of drug-likeness (QED) is 0.803. The monoisotopic (exact) mass is 265 g/mol. The van der Waals surface area contributed by atoms with Crippen molar-refractivity contribution in [3.8, 4) is 0 Å². The molecular weight excluding hydrogens is 242 g/mol. The number of anilines is 2. The van der Waals surface area contributed by atoms with E-state index in [-0.39, 0.29) is 12.6 Å². The lowest BCUT2D eigenvalue weighted by molar-refractivity contribution is 0.135. The van der Waals surface area contributed by atoms with Crippen molar-refractivity contribution in [3.05, 3.63) is 11.3 Å². The third-order valence-electron chi connectivity index (χ3n) is 3.85. The Labute approximate surface area is 114 Å². The molecule has 19 heavy (non-hydrogen) atoms. The van der Waals surface area contributed by atoms with E-state index in [0.717, 1.165) is 43.1 Å². The number of aliphatic hydroxyl groups is 1. The molecule has 2 rings (SSSR count). The van der Waals surface area contributed by atoms with Crippen LogP contribution in [0.4, 0.5) is 11.8 Å². The maximum atomic E-state index is 9.44. The van der Waals surface area contributed by atoms with Crippen LogP contribution in [-0.2, 0) is 6.42 Å². The van der Waals surface area contributed by atoms with Gasteiger partial charge in [-0.1, -0.05) is 6.92 Å². The number of nitrogen functional groups attached to an aromatic ring is 1. The number of aryl methyl sites for hydroxylation is 1. The molecule has 2 heterocycles. The lowest BCUT2D eigenvalue weighted by atomic mass is 10.1. The molecule has 1 saturated heterocycles. The van der Waals surface area contributed by atoms with E-state index in [1.165, 1.54) is 0 Å². The van der Waals surface area contributed by atoms with Crippen LogP contribution in [0, 0.1) is 6.92 Å². The molecule has 0 bridgehead atoms. The largest absolute Gasteiger partial charge is 0.395 e. The molecule has 3 N–H and O–H groups in total. The second kappa shape index (κ2) is 5.71. The molecule has 1 aliphatic rings. The van der Waals surface area contributed by atoms with E-state index in [2.05, 4.69) is 26.7 Å². The minimum atomic E-state index is 0.148. The lowest BCUT2D eigenvalue weighted by Gasteiger charge is -2.39. The molecule has 1 atom stereocenters. The Morgan fingerprint density at radius 1 is 1.37 bits per heavy atom. The third-order valence-corrected chi connectivity index (χ3v) is 3.85. The molecule has 6 nitrogen and oxygen atoms in total. The van der Waals surface area contributed by atoms with Crippen molar-refractivity contribution in [1.82, 2.24) is 14.9 Å². The number of piperazine rings is 1. The summed E-state index contributed by atoms with van der Waals surface area (Å²) in [5, 5.41) is 9.44. The smallest absolute Gasteiger partial charge is 0.222 e. The van der Waals surface area contributed by atoms with Crippen LogP contribution in [0.15, 0.2) is 0 Å². The summed E-state index contributed by atoms with van der Waals surface area (Å²) in [4.78, 5) is 13.0. The van der Waals surface area contributed by atoms with Crippen LogP contribution in [0.25, 0.3) is 0 Å². The maximum Gasteiger partial charge on any atom is 0.222 e. The van der Waals surface area contributed by atoms with Crippen LogP contribution in [-0.4, -0.2) is 59.3 Å². The number of hydrogen-bond acceptors (Lipinski definition) is 6. The van der Waals surface area contributed by atoms with Crippen LogP contribution >= 0.6 is 0 Å². The van der Waals surface area contributed by atoms with Gasteiger partial charge in [-0.05, 0) is 20.4 Å². The van der Waals surface area contributed by atoms with Gasteiger partial charge >= 0.3 is 0 Å². The van der Waals surface area contributed by atoms with Crippen LogP contribution < -0.4 is 10.6 Å². The average Bonchev–Trinajstić information content (AvgIpc) is 2.38. The summed E-state index contributed by atoms with van der Waals surface area (Å²) in [6, 6.07) is 0.148. The molecule has 1 aromatic heterocycles. The minimum Gasteiger partial charge on any atom is -0.395 e. The second-order valence-electron chi connectivity index (χ2n) is 5.09. The molecule has 106 valence electrons. The van der Waals surface area contributed by atoms with E-state index in [1.807, 2.05) is 14.0 Å². The number of likely N-dealkylation sites (N-methyl/N-ethyl adjacent to an activating group) is 1. The van der Waals surface area contributed by atoms with Gasteiger partial charge in [0.25, 0.3) is 0 Å². The summed E-state index contributed by atoms with van der Waals surface area (Å²) >= 11 is 0. The Bertz CT molecular complexity index is 451. The molecule has 0 spiro atoms. The van der Waals surface area contributed by atoms with E-state index in [1.54, 1.807) is 0 Å². The predicted octanol–water partition coefficient (Wildman–Crippen LogP) is 0.0423. The van der Waals surface area contributed by atoms with E-state index in [0.29, 0.717) is 5.95 Å². The first kappa shape index (κ1) is 14.0. The molecule has 0 saturated carbocycles. The highest BCUT2D eigenvalue weighted by Gasteiger charge is 2.26. The van der Waals surface area contributed by atoms with Gasteiger partial charge in [0.1, 0.15) is 5.82 Å². The fourth-order valence-electron chi connectivity index (χ4n) is 2.61. The van der Waals surface area contributed by atoms with E-state index in [4.69, 9.17) is 5.73 Å². The summed E-state index contributed by atoms with van der Waals surface area (Å²) in [5.74, 6) is 1.25. The third kappa shape index (κ3) is 2.79. The number of aromatic nitrogens is 2. The first-order valence-corrected chi connectivity index (χ1v) is 6.75. The zero-order valence-corrected chi connectivity index (χ0v) is 11.9. The number of rotatable bonds is 3. The average molecular weight is 265 g/mol. The van der Waals surface area contributed by atoms with E-state index < -0.39 is 0 Å². The van der Waals surface area contributed by atoms with Crippen LogP contribution in [0.2, 0.25) is 0 Å². The van der Waals surface area contributed by atoms with Crippen molar-refractivity contribution in [2.75, 3.05) is 43.9 Å². The van der Waals surface area contributed by atoms with Crippen molar-refractivity contribution in [3.63, 3.8) is 0 Å². The first-order valence-electron chi connectivity index (χ1n) is 6.75. The fourth-order valence-corrected chi connectivity index (χ4v) is 2.61. The van der Waals surface area contributed by atoms with Gasteiger partial charge in [-0.15, -0.1) is 0 Å². The Morgan fingerprint density at radius 2 is 2.11 bits per heavy atom. The lowest BCUT2D eigenvalue weighted by Crippen LogP contribution is -2.53. The van der Waals surface area contributed by atoms with Crippen LogP contribution in [0.1, 0.15) is 18.2 Å². The Balaban J connectivity index is 2.31. The number of nitrogens with zero attached hydrogens (tertiary/aromatic N) is 4. The van der Waals surface area contributed by atoms with Gasteiger partial charge in [0.05, 0.1) is 12.6 Å². The van der Waals surface area contributed by atoms with Gasteiger partial charge in [-0.25, -0.2) is 4.98 Å². The van der Waals surface area contributed by atoms with Gasteiger partial charge in [0.2, 0.25) is 5.95 Å². The number of aliphatic hydroxyl groups excluding tert-OH is 1. The second-order valence-corrected chi connectivity index (χ2v) is 5.09. The summed E-state index contributed by atoms with van der Waals surface area (Å²) in [6.07, 6.45) is 0.886. The van der Waals surface area contributed by atoms with Gasteiger partial charge in [0, 0.05) is 30.9 Å². The van der Waals surface area contributed by atoms with Crippen LogP contribution in [0.5, 0.6) is 0 Å². The van der Waals surface area contributed by atoms with Gasteiger partial charge < -0.3 is 15.7 Å². The molecule has 1 aliphatic heterocycles. The first-order chi connectivity index (χ1) is 9.06. The normalized spacial score (nSPS) is 20.8. The van der Waals surface area contributed by atoms with Crippen molar-refractivity contribution < 1.29 is 5.11 Å². The molecule has 6 heteroatoms. The molecule has 0 aliphatic carbocycles. The number of hydrogen-bond donors (Lipinski definition) is 2. The standard InChI is InChI=1S/C13H23N5O/c1-4-11-9(2)15-13(14)16-12(11)18-6-5-17(3)10(7-18)8-19/h10,19H,4-8H2,1-3H3,(H2,14,15,16). The summed E-state index contributed by atoms with van der Waals surface area (Å²) < 4.78 is 0. The maximum absolute atomic E-state index is 9.44. The van der Waals surface area contributed by atoms with Crippen molar-refractivity contribution >= 4 is 11.8 Å². The summed E-state index contributed by atoms with van der Waals surface area (Å²) in [6.45, 7) is 6.82. The van der Waals surface area contributed by atoms with Gasteiger partial charge in [-0.2, -0.15) is 4.98 Å². The molecule has 0 radical (unpaired) electrons. The molecule has 1 unspecified atom stereocenters. The summed E-state index contributed by atoms with van der Waals surface area (Å²) in [7, 11) is 2.04. The Hall–Kier alpha value is -1.40. The number of nitrogens with two attached hydrogens (primary N) is 1. The van der Waals surface area contributed by atoms with Crippen molar-refractivity contribution in [2.24, 2.45) is 0 Å². The zero-order chi connectivity index (χ0) is 14.0.